The van der Waals surface area contributed by atoms with Crippen LogP contribution in [0.2, 0.25) is 0 Å². The van der Waals surface area contributed by atoms with Crippen molar-refractivity contribution in [3.05, 3.63) is 59.7 Å². The van der Waals surface area contributed by atoms with Gasteiger partial charge in [0.25, 0.3) is 0 Å². The van der Waals surface area contributed by atoms with Crippen molar-refractivity contribution in [3.8, 4) is 5.75 Å². The molecular weight excluding hydrogens is 370 g/mol. The van der Waals surface area contributed by atoms with Crippen LogP contribution in [0.15, 0.2) is 48.5 Å². The van der Waals surface area contributed by atoms with E-state index in [-0.39, 0.29) is 17.2 Å². The Morgan fingerprint density at radius 2 is 2.00 bits per heavy atom. The van der Waals surface area contributed by atoms with Crippen molar-refractivity contribution in [2.45, 2.75) is 32.0 Å². The summed E-state index contributed by atoms with van der Waals surface area (Å²) in [7, 11) is 0. The molecule has 148 valence electrons. The van der Waals surface area contributed by atoms with Gasteiger partial charge in [-0.15, -0.1) is 0 Å². The van der Waals surface area contributed by atoms with E-state index in [0.29, 0.717) is 25.2 Å². The molecule has 0 spiro atoms. The second kappa shape index (κ2) is 8.79. The number of aromatic carboxylic acids is 1. The highest BCUT2D eigenvalue weighted by Gasteiger charge is 2.29. The fourth-order valence-electron chi connectivity index (χ4n) is 3.18. The molecule has 2 aromatic rings. The average Bonchev–Trinajstić information content (AvgIpc) is 2.68. The Hall–Kier alpha value is -3.00. The molecule has 1 saturated heterocycles. The molecule has 8 heteroatoms. The quantitative estimate of drug-likeness (QED) is 0.759. The summed E-state index contributed by atoms with van der Waals surface area (Å²) >= 11 is 0. The van der Waals surface area contributed by atoms with Crippen molar-refractivity contribution in [3.63, 3.8) is 0 Å². The summed E-state index contributed by atoms with van der Waals surface area (Å²) in [6.07, 6.45) is 1.45. The normalized spacial score (nSPS) is 17.0. The van der Waals surface area contributed by atoms with Crippen molar-refractivity contribution in [2.75, 3.05) is 11.4 Å². The maximum absolute atomic E-state index is 12.8. The van der Waals surface area contributed by atoms with E-state index in [1.54, 1.807) is 35.2 Å². The zero-order valence-electron chi connectivity index (χ0n) is 15.0. The van der Waals surface area contributed by atoms with Gasteiger partial charge in [-0.1, -0.05) is 12.1 Å². The summed E-state index contributed by atoms with van der Waals surface area (Å²) in [6, 6.07) is 12.1. The number of hydrogen-bond donors (Lipinski definition) is 2. The van der Waals surface area contributed by atoms with E-state index in [4.69, 9.17) is 5.11 Å². The van der Waals surface area contributed by atoms with E-state index in [1.807, 2.05) is 0 Å². The predicted octanol–water partition coefficient (Wildman–Crippen LogP) is 3.27. The smallest absolute Gasteiger partial charge is 0.387 e. The van der Waals surface area contributed by atoms with Gasteiger partial charge >= 0.3 is 12.6 Å². The number of anilines is 1. The van der Waals surface area contributed by atoms with Gasteiger partial charge in [0.1, 0.15) is 5.75 Å². The van der Waals surface area contributed by atoms with Gasteiger partial charge < -0.3 is 20.1 Å². The molecule has 1 aliphatic heterocycles. The summed E-state index contributed by atoms with van der Waals surface area (Å²) in [5.41, 5.74) is 1.59. The molecule has 0 bridgehead atoms. The van der Waals surface area contributed by atoms with Crippen LogP contribution in [-0.2, 0) is 11.3 Å². The maximum atomic E-state index is 12.8. The molecule has 2 N–H and O–H groups in total. The number of ether oxygens (including phenoxy) is 1. The molecule has 28 heavy (non-hydrogen) atoms. The molecule has 1 fully saturated rings. The van der Waals surface area contributed by atoms with E-state index in [1.165, 1.54) is 18.2 Å². The fourth-order valence-corrected chi connectivity index (χ4v) is 3.18. The first-order valence-electron chi connectivity index (χ1n) is 8.86. The highest BCUT2D eigenvalue weighted by atomic mass is 19.3. The molecular formula is C20H20F2N2O4. The SMILES string of the molecule is O=C(O)c1cccc(CNC2CCCN(c3ccc(OC(F)F)cc3)C2=O)c1. The zero-order chi connectivity index (χ0) is 20.1. The molecule has 0 saturated carbocycles. The first-order chi connectivity index (χ1) is 13.4. The number of nitrogens with zero attached hydrogens (tertiary/aromatic N) is 1. The van der Waals surface area contributed by atoms with Crippen molar-refractivity contribution < 1.29 is 28.2 Å². The first-order valence-corrected chi connectivity index (χ1v) is 8.86. The second-order valence-corrected chi connectivity index (χ2v) is 6.44. The first kappa shape index (κ1) is 19.8. The Balaban J connectivity index is 1.64. The molecule has 1 aliphatic rings. The minimum absolute atomic E-state index is 0.0381. The molecule has 2 aromatic carbocycles. The molecule has 1 amide bonds. The van der Waals surface area contributed by atoms with Crippen LogP contribution < -0.4 is 15.0 Å². The van der Waals surface area contributed by atoms with Crippen LogP contribution >= 0.6 is 0 Å². The van der Waals surface area contributed by atoms with Gasteiger partial charge in [0.05, 0.1) is 11.6 Å². The Bertz CT molecular complexity index is 842. The van der Waals surface area contributed by atoms with E-state index in [2.05, 4.69) is 10.1 Å². The van der Waals surface area contributed by atoms with Crippen LogP contribution in [0.25, 0.3) is 0 Å². The number of rotatable bonds is 7. The fraction of sp³-hybridized carbons (Fsp3) is 0.300. The van der Waals surface area contributed by atoms with Crippen LogP contribution in [0.4, 0.5) is 14.5 Å². The Morgan fingerprint density at radius 1 is 1.25 bits per heavy atom. The predicted molar refractivity (Wildman–Crippen MR) is 98.7 cm³/mol. The van der Waals surface area contributed by atoms with Gasteiger partial charge in [-0.25, -0.2) is 4.79 Å². The Kier molecular flexibility index (Phi) is 6.20. The number of carboxylic acid groups (broad SMARTS) is 1. The molecule has 1 heterocycles. The molecule has 1 unspecified atom stereocenters. The number of nitrogens with one attached hydrogen (secondary N) is 1. The average molecular weight is 390 g/mol. The number of halogens is 2. The van der Waals surface area contributed by atoms with E-state index in [0.717, 1.165) is 12.0 Å². The van der Waals surface area contributed by atoms with Gasteiger partial charge in [0.15, 0.2) is 0 Å². The summed E-state index contributed by atoms with van der Waals surface area (Å²) in [4.78, 5) is 25.5. The third kappa shape index (κ3) is 4.83. The van der Waals surface area contributed by atoms with Gasteiger partial charge in [-0.2, -0.15) is 8.78 Å². The van der Waals surface area contributed by atoms with Gasteiger partial charge in [-0.3, -0.25) is 4.79 Å². The number of piperidine rings is 1. The second-order valence-electron chi connectivity index (χ2n) is 6.44. The minimum atomic E-state index is -2.89. The summed E-state index contributed by atoms with van der Waals surface area (Å²) in [5.74, 6) is -1.07. The lowest BCUT2D eigenvalue weighted by Gasteiger charge is -2.33. The molecule has 3 rings (SSSR count). The number of benzene rings is 2. The largest absolute Gasteiger partial charge is 0.478 e. The molecule has 0 radical (unpaired) electrons. The van der Waals surface area contributed by atoms with Crippen molar-refractivity contribution in [1.29, 1.82) is 0 Å². The Labute approximate surface area is 160 Å². The van der Waals surface area contributed by atoms with Gasteiger partial charge in [-0.05, 0) is 54.8 Å². The van der Waals surface area contributed by atoms with Gasteiger partial charge in [0, 0.05) is 18.8 Å². The molecule has 1 atom stereocenters. The van der Waals surface area contributed by atoms with E-state index in [9.17, 15) is 18.4 Å². The highest BCUT2D eigenvalue weighted by Crippen LogP contribution is 2.24. The monoisotopic (exact) mass is 390 g/mol. The molecule has 6 nitrogen and oxygen atoms in total. The third-order valence-electron chi connectivity index (χ3n) is 4.54. The van der Waals surface area contributed by atoms with Gasteiger partial charge in [0.2, 0.25) is 5.91 Å². The maximum Gasteiger partial charge on any atom is 0.387 e. The lowest BCUT2D eigenvalue weighted by atomic mass is 10.0. The summed E-state index contributed by atoms with van der Waals surface area (Å²) in [5, 5.41) is 12.2. The number of amides is 1. The van der Waals surface area contributed by atoms with Crippen molar-refractivity contribution >= 4 is 17.6 Å². The summed E-state index contributed by atoms with van der Waals surface area (Å²) in [6.45, 7) is -1.98. The number of carbonyl (C=O) groups is 2. The molecule has 0 aromatic heterocycles. The van der Waals surface area contributed by atoms with Crippen LogP contribution in [0, 0.1) is 0 Å². The zero-order valence-corrected chi connectivity index (χ0v) is 15.0. The third-order valence-corrected chi connectivity index (χ3v) is 4.54. The lowest BCUT2D eigenvalue weighted by Crippen LogP contribution is -2.50. The standard InChI is InChI=1S/C20H20F2N2O4/c21-20(22)28-16-8-6-15(7-9-16)24-10-2-5-17(18(24)25)23-12-13-3-1-4-14(11-13)19(26)27/h1,3-4,6-9,11,17,20,23H,2,5,10,12H2,(H,26,27). The Morgan fingerprint density at radius 3 is 2.68 bits per heavy atom. The van der Waals surface area contributed by atoms with Crippen LogP contribution in [-0.4, -0.2) is 36.2 Å². The highest BCUT2D eigenvalue weighted by molar-refractivity contribution is 5.98. The van der Waals surface area contributed by atoms with Crippen LogP contribution in [0.1, 0.15) is 28.8 Å². The van der Waals surface area contributed by atoms with Crippen molar-refractivity contribution in [1.82, 2.24) is 5.32 Å². The van der Waals surface area contributed by atoms with Crippen molar-refractivity contribution in [2.24, 2.45) is 0 Å². The number of alkyl halides is 2. The number of hydrogen-bond acceptors (Lipinski definition) is 4. The summed E-state index contributed by atoms with van der Waals surface area (Å²) < 4.78 is 28.8. The van der Waals surface area contributed by atoms with E-state index >= 15 is 0 Å². The molecule has 0 aliphatic carbocycles. The van der Waals surface area contributed by atoms with E-state index < -0.39 is 18.6 Å². The van der Waals surface area contributed by atoms with Crippen LogP contribution in [0.5, 0.6) is 5.75 Å². The minimum Gasteiger partial charge on any atom is -0.478 e. The topological polar surface area (TPSA) is 78.9 Å². The number of carbonyl (C=O) groups excluding carboxylic acids is 1. The number of carboxylic acids is 1. The lowest BCUT2D eigenvalue weighted by molar-refractivity contribution is -0.121. The van der Waals surface area contributed by atoms with Crippen LogP contribution in [0.3, 0.4) is 0 Å².